The molecule has 15 heavy (non-hydrogen) atoms. The second-order valence-electron chi connectivity index (χ2n) is 4.55. The molecule has 1 heterocycles. The first-order valence-electron chi connectivity index (χ1n) is 5.58. The average Bonchev–Trinajstić information content (AvgIpc) is 2.15. The zero-order chi connectivity index (χ0) is 11.3. The number of hydrogen-bond acceptors (Lipinski definition) is 3. The van der Waals surface area contributed by atoms with Crippen LogP contribution in [0.1, 0.15) is 26.7 Å². The molecule has 0 radical (unpaired) electrons. The van der Waals surface area contributed by atoms with Crippen LogP contribution in [0.3, 0.4) is 0 Å². The van der Waals surface area contributed by atoms with Gasteiger partial charge in [0.05, 0.1) is 13.1 Å². The first kappa shape index (κ1) is 12.2. The Bertz CT molecular complexity index is 239. The maximum absolute atomic E-state index is 11.5. The molecule has 1 fully saturated rings. The van der Waals surface area contributed by atoms with Gasteiger partial charge in [-0.25, -0.2) is 0 Å². The number of likely N-dealkylation sites (tertiary alicyclic amines) is 1. The van der Waals surface area contributed by atoms with E-state index in [0.29, 0.717) is 32.0 Å². The lowest BCUT2D eigenvalue weighted by atomic mass is 10.1. The number of carbonyl (C=O) groups is 2. The Hall–Kier alpha value is -0.900. The van der Waals surface area contributed by atoms with Gasteiger partial charge in [0.2, 0.25) is 5.91 Å². The average molecular weight is 212 g/mol. The molecular weight excluding hydrogens is 192 g/mol. The van der Waals surface area contributed by atoms with Crippen molar-refractivity contribution in [2.24, 2.45) is 5.92 Å². The van der Waals surface area contributed by atoms with Crippen LogP contribution in [0, 0.1) is 5.92 Å². The summed E-state index contributed by atoms with van der Waals surface area (Å²) in [7, 11) is 0. The Labute approximate surface area is 91.0 Å². The molecule has 0 spiro atoms. The summed E-state index contributed by atoms with van der Waals surface area (Å²) in [5.41, 5.74) is 0. The van der Waals surface area contributed by atoms with E-state index in [2.05, 4.69) is 19.2 Å². The highest BCUT2D eigenvalue weighted by Crippen LogP contribution is 2.04. The molecule has 0 aromatic carbocycles. The van der Waals surface area contributed by atoms with Crippen LogP contribution < -0.4 is 5.32 Å². The minimum absolute atomic E-state index is 0.0263. The van der Waals surface area contributed by atoms with Crippen molar-refractivity contribution in [1.29, 1.82) is 0 Å². The lowest BCUT2D eigenvalue weighted by Gasteiger charge is -2.24. The topological polar surface area (TPSA) is 49.4 Å². The molecule has 1 saturated heterocycles. The van der Waals surface area contributed by atoms with Crippen molar-refractivity contribution in [3.8, 4) is 0 Å². The molecule has 0 atom stereocenters. The van der Waals surface area contributed by atoms with Gasteiger partial charge >= 0.3 is 0 Å². The van der Waals surface area contributed by atoms with E-state index in [1.165, 1.54) is 0 Å². The number of nitrogens with one attached hydrogen (secondary N) is 1. The maximum Gasteiger partial charge on any atom is 0.234 e. The van der Waals surface area contributed by atoms with Crippen molar-refractivity contribution in [2.45, 2.75) is 26.7 Å². The van der Waals surface area contributed by atoms with E-state index >= 15 is 0 Å². The number of ketones is 1. The lowest BCUT2D eigenvalue weighted by molar-refractivity contribution is -0.125. The maximum atomic E-state index is 11.5. The van der Waals surface area contributed by atoms with Crippen molar-refractivity contribution in [3.05, 3.63) is 0 Å². The fraction of sp³-hybridized carbons (Fsp3) is 0.818. The zero-order valence-electron chi connectivity index (χ0n) is 9.58. The zero-order valence-corrected chi connectivity index (χ0v) is 9.58. The number of Topliss-reactive ketones (excluding diaryl/α,β-unsaturated/α-hetero) is 1. The van der Waals surface area contributed by atoms with E-state index in [1.807, 2.05) is 4.90 Å². The molecule has 1 N–H and O–H groups in total. The van der Waals surface area contributed by atoms with Crippen molar-refractivity contribution in [2.75, 3.05) is 26.2 Å². The molecule has 1 amide bonds. The van der Waals surface area contributed by atoms with Crippen LogP contribution in [-0.2, 0) is 9.59 Å². The van der Waals surface area contributed by atoms with Gasteiger partial charge in [0.15, 0.2) is 0 Å². The number of carbonyl (C=O) groups excluding carboxylic acids is 2. The monoisotopic (exact) mass is 212 g/mol. The van der Waals surface area contributed by atoms with E-state index in [9.17, 15) is 9.59 Å². The number of piperidine rings is 1. The number of rotatable bonds is 4. The third-order valence-electron chi connectivity index (χ3n) is 2.40. The van der Waals surface area contributed by atoms with E-state index in [-0.39, 0.29) is 11.7 Å². The van der Waals surface area contributed by atoms with Gasteiger partial charge in [-0.05, 0) is 18.9 Å². The summed E-state index contributed by atoms with van der Waals surface area (Å²) in [6.45, 7) is 6.49. The van der Waals surface area contributed by atoms with Crippen molar-refractivity contribution < 1.29 is 9.59 Å². The van der Waals surface area contributed by atoms with Gasteiger partial charge in [0, 0.05) is 13.0 Å². The van der Waals surface area contributed by atoms with E-state index in [0.717, 1.165) is 13.0 Å². The summed E-state index contributed by atoms with van der Waals surface area (Å²) in [5, 5.41) is 2.85. The third kappa shape index (κ3) is 4.93. The van der Waals surface area contributed by atoms with Gasteiger partial charge in [-0.15, -0.1) is 0 Å². The second kappa shape index (κ2) is 5.85. The summed E-state index contributed by atoms with van der Waals surface area (Å²) in [6.07, 6.45) is 1.56. The smallest absolute Gasteiger partial charge is 0.234 e. The van der Waals surface area contributed by atoms with Crippen LogP contribution in [-0.4, -0.2) is 42.8 Å². The number of nitrogens with zero attached hydrogens (tertiary/aromatic N) is 1. The van der Waals surface area contributed by atoms with E-state index in [4.69, 9.17) is 0 Å². The predicted octanol–water partition coefficient (Wildman–Crippen LogP) is 0.424. The summed E-state index contributed by atoms with van der Waals surface area (Å²) in [6, 6.07) is 0. The first-order chi connectivity index (χ1) is 7.08. The standard InChI is InChI=1S/C11H20N2O2/c1-9(2)6-12-11(15)8-13-5-3-4-10(14)7-13/h9H,3-8H2,1-2H3,(H,12,15). The SMILES string of the molecule is CC(C)CNC(=O)CN1CCCC(=O)C1. The fourth-order valence-corrected chi connectivity index (χ4v) is 1.62. The normalized spacial score (nSPS) is 18.2. The molecule has 4 heteroatoms. The largest absolute Gasteiger partial charge is 0.355 e. The van der Waals surface area contributed by atoms with Crippen LogP contribution in [0.5, 0.6) is 0 Å². The van der Waals surface area contributed by atoms with Crippen LogP contribution >= 0.6 is 0 Å². The molecule has 1 aliphatic rings. The van der Waals surface area contributed by atoms with Crippen molar-refractivity contribution in [1.82, 2.24) is 10.2 Å². The highest BCUT2D eigenvalue weighted by molar-refractivity contribution is 5.83. The minimum atomic E-state index is 0.0263. The molecule has 0 aliphatic carbocycles. The predicted molar refractivity (Wildman–Crippen MR) is 58.5 cm³/mol. The fourth-order valence-electron chi connectivity index (χ4n) is 1.62. The van der Waals surface area contributed by atoms with Crippen LogP contribution in [0.2, 0.25) is 0 Å². The minimum Gasteiger partial charge on any atom is -0.355 e. The van der Waals surface area contributed by atoms with E-state index in [1.54, 1.807) is 0 Å². The Morgan fingerprint density at radius 2 is 2.27 bits per heavy atom. The van der Waals surface area contributed by atoms with E-state index < -0.39 is 0 Å². The molecule has 1 aliphatic heterocycles. The molecule has 4 nitrogen and oxygen atoms in total. The van der Waals surface area contributed by atoms with Crippen LogP contribution in [0.4, 0.5) is 0 Å². The molecule has 1 rings (SSSR count). The highest BCUT2D eigenvalue weighted by Gasteiger charge is 2.18. The third-order valence-corrected chi connectivity index (χ3v) is 2.40. The summed E-state index contributed by atoms with van der Waals surface area (Å²) in [4.78, 5) is 24.5. The summed E-state index contributed by atoms with van der Waals surface area (Å²) in [5.74, 6) is 0.744. The molecule has 0 aromatic heterocycles. The molecule has 0 unspecified atom stereocenters. The molecule has 86 valence electrons. The Morgan fingerprint density at radius 3 is 2.87 bits per heavy atom. The molecule has 0 saturated carbocycles. The van der Waals surface area contributed by atoms with Gasteiger partial charge in [0.25, 0.3) is 0 Å². The molecule has 0 aromatic rings. The van der Waals surface area contributed by atoms with Gasteiger partial charge in [-0.2, -0.15) is 0 Å². The van der Waals surface area contributed by atoms with Gasteiger partial charge in [-0.3, -0.25) is 14.5 Å². The number of hydrogen-bond donors (Lipinski definition) is 1. The number of amides is 1. The Morgan fingerprint density at radius 1 is 1.53 bits per heavy atom. The Kier molecular flexibility index (Phi) is 4.75. The van der Waals surface area contributed by atoms with Gasteiger partial charge < -0.3 is 5.32 Å². The molecular formula is C11H20N2O2. The van der Waals surface area contributed by atoms with Gasteiger partial charge in [0.1, 0.15) is 5.78 Å². The van der Waals surface area contributed by atoms with Crippen molar-refractivity contribution >= 4 is 11.7 Å². The lowest BCUT2D eigenvalue weighted by Crippen LogP contribution is -2.43. The summed E-state index contributed by atoms with van der Waals surface area (Å²) < 4.78 is 0. The van der Waals surface area contributed by atoms with Crippen LogP contribution in [0.15, 0.2) is 0 Å². The summed E-state index contributed by atoms with van der Waals surface area (Å²) >= 11 is 0. The van der Waals surface area contributed by atoms with Gasteiger partial charge in [-0.1, -0.05) is 13.8 Å². The highest BCUT2D eigenvalue weighted by atomic mass is 16.2. The second-order valence-corrected chi connectivity index (χ2v) is 4.55. The van der Waals surface area contributed by atoms with Crippen LogP contribution in [0.25, 0.3) is 0 Å². The van der Waals surface area contributed by atoms with Crippen molar-refractivity contribution in [3.63, 3.8) is 0 Å². The molecule has 0 bridgehead atoms. The quantitative estimate of drug-likeness (QED) is 0.735. The Balaban J connectivity index is 2.22. The first-order valence-corrected chi connectivity index (χ1v) is 5.58.